The summed E-state index contributed by atoms with van der Waals surface area (Å²) >= 11 is 0. The van der Waals surface area contributed by atoms with Crippen molar-refractivity contribution in [1.82, 2.24) is 15.1 Å². The molecule has 0 radical (unpaired) electrons. The molecule has 2 rings (SSSR count). The van der Waals surface area contributed by atoms with Gasteiger partial charge in [-0.1, -0.05) is 32.0 Å². The number of rotatable bonds is 4. The van der Waals surface area contributed by atoms with Crippen LogP contribution in [0.1, 0.15) is 26.5 Å². The van der Waals surface area contributed by atoms with Gasteiger partial charge in [0.15, 0.2) is 0 Å². The summed E-state index contributed by atoms with van der Waals surface area (Å²) in [6.45, 7) is 7.81. The lowest BCUT2D eigenvalue weighted by Crippen LogP contribution is -2.40. The molecule has 0 aliphatic rings. The Morgan fingerprint density at radius 3 is 2.48 bits per heavy atom. The normalized spacial score (nSPS) is 12.6. The summed E-state index contributed by atoms with van der Waals surface area (Å²) in [6.07, 6.45) is 0. The SMILES string of the molecule is Cc1nn(CC(=O)NC(C)C(C)C)c(=O)c2ccccc12. The zero-order valence-electron chi connectivity index (χ0n) is 12.9. The lowest BCUT2D eigenvalue weighted by molar-refractivity contribution is -0.122. The van der Waals surface area contributed by atoms with Gasteiger partial charge in [-0.25, -0.2) is 4.68 Å². The largest absolute Gasteiger partial charge is 0.352 e. The highest BCUT2D eigenvalue weighted by molar-refractivity contribution is 5.83. The second-order valence-electron chi connectivity index (χ2n) is 5.69. The van der Waals surface area contributed by atoms with Gasteiger partial charge in [-0.05, 0) is 25.8 Å². The topological polar surface area (TPSA) is 64.0 Å². The smallest absolute Gasteiger partial charge is 0.275 e. The fourth-order valence-corrected chi connectivity index (χ4v) is 2.11. The Bertz CT molecular complexity index is 719. The van der Waals surface area contributed by atoms with Crippen LogP contribution in [0.5, 0.6) is 0 Å². The number of nitrogens with one attached hydrogen (secondary N) is 1. The van der Waals surface area contributed by atoms with Crippen molar-refractivity contribution in [1.29, 1.82) is 0 Å². The lowest BCUT2D eigenvalue weighted by Gasteiger charge is -2.17. The highest BCUT2D eigenvalue weighted by Gasteiger charge is 2.14. The standard InChI is InChI=1S/C16H21N3O2/c1-10(2)11(3)17-15(20)9-19-16(21)14-8-6-5-7-13(14)12(4)18-19/h5-8,10-11H,9H2,1-4H3,(H,17,20). The Morgan fingerprint density at radius 2 is 1.86 bits per heavy atom. The van der Waals surface area contributed by atoms with E-state index in [1.807, 2.05) is 45.9 Å². The zero-order chi connectivity index (χ0) is 15.6. The molecule has 1 aromatic carbocycles. The summed E-state index contributed by atoms with van der Waals surface area (Å²) in [5, 5.41) is 8.54. The van der Waals surface area contributed by atoms with Gasteiger partial charge in [-0.3, -0.25) is 9.59 Å². The van der Waals surface area contributed by atoms with Gasteiger partial charge >= 0.3 is 0 Å². The lowest BCUT2D eigenvalue weighted by atomic mass is 10.1. The second kappa shape index (κ2) is 6.08. The maximum absolute atomic E-state index is 12.4. The van der Waals surface area contributed by atoms with Gasteiger partial charge in [-0.15, -0.1) is 0 Å². The Balaban J connectivity index is 2.29. The first kappa shape index (κ1) is 15.2. The highest BCUT2D eigenvalue weighted by atomic mass is 16.2. The van der Waals surface area contributed by atoms with Gasteiger partial charge in [0, 0.05) is 11.4 Å². The molecule has 1 N–H and O–H groups in total. The van der Waals surface area contributed by atoms with Crippen LogP contribution in [0.4, 0.5) is 0 Å². The molecule has 21 heavy (non-hydrogen) atoms. The van der Waals surface area contributed by atoms with Gasteiger partial charge in [0.25, 0.3) is 5.56 Å². The van der Waals surface area contributed by atoms with Gasteiger partial charge in [-0.2, -0.15) is 5.10 Å². The molecule has 5 heteroatoms. The molecular formula is C16H21N3O2. The van der Waals surface area contributed by atoms with Crippen LogP contribution in [-0.2, 0) is 11.3 Å². The Labute approximate surface area is 124 Å². The molecule has 1 atom stereocenters. The molecule has 0 aliphatic carbocycles. The van der Waals surface area contributed by atoms with Crippen molar-refractivity contribution in [3.8, 4) is 0 Å². The van der Waals surface area contributed by atoms with E-state index in [2.05, 4.69) is 10.4 Å². The van der Waals surface area contributed by atoms with E-state index in [0.29, 0.717) is 11.3 Å². The number of hydrogen-bond donors (Lipinski definition) is 1. The van der Waals surface area contributed by atoms with Crippen molar-refractivity contribution in [3.63, 3.8) is 0 Å². The molecule has 1 heterocycles. The van der Waals surface area contributed by atoms with E-state index in [1.165, 1.54) is 4.68 Å². The average Bonchev–Trinajstić information content (AvgIpc) is 2.44. The third-order valence-electron chi connectivity index (χ3n) is 3.73. The van der Waals surface area contributed by atoms with Crippen molar-refractivity contribution in [2.75, 3.05) is 0 Å². The fourth-order valence-electron chi connectivity index (χ4n) is 2.11. The van der Waals surface area contributed by atoms with Gasteiger partial charge in [0.1, 0.15) is 6.54 Å². The number of hydrogen-bond acceptors (Lipinski definition) is 3. The van der Waals surface area contributed by atoms with Gasteiger partial charge in [0.05, 0.1) is 11.1 Å². The number of carbonyl (C=O) groups is 1. The minimum Gasteiger partial charge on any atom is -0.352 e. The molecular weight excluding hydrogens is 266 g/mol. The van der Waals surface area contributed by atoms with E-state index in [0.717, 1.165) is 11.1 Å². The molecule has 2 aromatic rings. The number of aryl methyl sites for hydroxylation is 1. The van der Waals surface area contributed by atoms with Crippen LogP contribution in [-0.4, -0.2) is 21.7 Å². The van der Waals surface area contributed by atoms with Crippen LogP contribution in [0.15, 0.2) is 29.1 Å². The molecule has 1 unspecified atom stereocenters. The number of nitrogens with zero attached hydrogens (tertiary/aromatic N) is 2. The van der Waals surface area contributed by atoms with Crippen molar-refractivity contribution in [2.24, 2.45) is 5.92 Å². The van der Waals surface area contributed by atoms with Crippen molar-refractivity contribution in [3.05, 3.63) is 40.3 Å². The Kier molecular flexibility index (Phi) is 4.40. The molecule has 0 aliphatic heterocycles. The van der Waals surface area contributed by atoms with Crippen LogP contribution in [0.25, 0.3) is 10.8 Å². The molecule has 112 valence electrons. The molecule has 0 saturated carbocycles. The Hall–Kier alpha value is -2.17. The van der Waals surface area contributed by atoms with E-state index in [1.54, 1.807) is 6.07 Å². The number of benzene rings is 1. The average molecular weight is 287 g/mol. The summed E-state index contributed by atoms with van der Waals surface area (Å²) in [5.74, 6) is 0.150. The summed E-state index contributed by atoms with van der Waals surface area (Å²) in [5.41, 5.74) is 0.512. The van der Waals surface area contributed by atoms with Crippen molar-refractivity contribution in [2.45, 2.75) is 40.3 Å². The molecule has 1 amide bonds. The molecule has 0 saturated heterocycles. The molecule has 5 nitrogen and oxygen atoms in total. The minimum absolute atomic E-state index is 0.0540. The summed E-state index contributed by atoms with van der Waals surface area (Å²) in [7, 11) is 0. The first-order chi connectivity index (χ1) is 9.90. The quantitative estimate of drug-likeness (QED) is 0.933. The third-order valence-corrected chi connectivity index (χ3v) is 3.73. The maximum Gasteiger partial charge on any atom is 0.275 e. The first-order valence-corrected chi connectivity index (χ1v) is 7.16. The van der Waals surface area contributed by atoms with E-state index in [-0.39, 0.29) is 24.1 Å². The predicted octanol–water partition coefficient (Wildman–Crippen LogP) is 1.87. The van der Waals surface area contributed by atoms with E-state index >= 15 is 0 Å². The molecule has 0 spiro atoms. The molecule has 0 fully saturated rings. The zero-order valence-corrected chi connectivity index (χ0v) is 12.9. The monoisotopic (exact) mass is 287 g/mol. The van der Waals surface area contributed by atoms with Crippen LogP contribution >= 0.6 is 0 Å². The van der Waals surface area contributed by atoms with E-state index in [9.17, 15) is 9.59 Å². The minimum atomic E-state index is -0.233. The molecule has 0 bridgehead atoms. The predicted molar refractivity (Wildman–Crippen MR) is 83.2 cm³/mol. The Morgan fingerprint density at radius 1 is 1.24 bits per heavy atom. The number of carbonyl (C=O) groups excluding carboxylic acids is 1. The fraction of sp³-hybridized carbons (Fsp3) is 0.438. The van der Waals surface area contributed by atoms with E-state index < -0.39 is 0 Å². The van der Waals surface area contributed by atoms with Crippen LogP contribution in [0, 0.1) is 12.8 Å². The van der Waals surface area contributed by atoms with E-state index in [4.69, 9.17) is 0 Å². The van der Waals surface area contributed by atoms with Gasteiger partial charge in [0.2, 0.25) is 5.91 Å². The summed E-state index contributed by atoms with van der Waals surface area (Å²) in [4.78, 5) is 24.4. The highest BCUT2D eigenvalue weighted by Crippen LogP contribution is 2.11. The summed E-state index contributed by atoms with van der Waals surface area (Å²) in [6, 6.07) is 7.38. The number of amides is 1. The molecule has 1 aromatic heterocycles. The first-order valence-electron chi connectivity index (χ1n) is 7.16. The number of aromatic nitrogens is 2. The van der Waals surface area contributed by atoms with Crippen molar-refractivity contribution >= 4 is 16.7 Å². The van der Waals surface area contributed by atoms with Crippen LogP contribution in [0.2, 0.25) is 0 Å². The number of fused-ring (bicyclic) bond motifs is 1. The third kappa shape index (κ3) is 3.29. The van der Waals surface area contributed by atoms with Crippen molar-refractivity contribution < 1.29 is 4.79 Å². The van der Waals surface area contributed by atoms with Crippen LogP contribution in [0.3, 0.4) is 0 Å². The maximum atomic E-state index is 12.4. The van der Waals surface area contributed by atoms with Gasteiger partial charge < -0.3 is 5.32 Å². The second-order valence-corrected chi connectivity index (χ2v) is 5.69. The summed E-state index contributed by atoms with van der Waals surface area (Å²) < 4.78 is 1.24. The van der Waals surface area contributed by atoms with Crippen LogP contribution < -0.4 is 10.9 Å².